The van der Waals surface area contributed by atoms with Crippen LogP contribution in [0.15, 0.2) is 33.4 Å². The molecule has 1 N–H and O–H groups in total. The average molecular weight is 318 g/mol. The van der Waals surface area contributed by atoms with Crippen LogP contribution < -0.4 is 5.32 Å². The number of nitrogens with one attached hydrogen (secondary N) is 1. The summed E-state index contributed by atoms with van der Waals surface area (Å²) in [5, 5.41) is 3.93. The fourth-order valence-corrected chi connectivity index (χ4v) is 2.35. The number of hydrogen-bond acceptors (Lipinski definition) is 2. The minimum atomic E-state index is -0.672. The van der Waals surface area contributed by atoms with E-state index in [-0.39, 0.29) is 5.69 Å². The molecule has 17 heavy (non-hydrogen) atoms. The van der Waals surface area contributed by atoms with E-state index in [0.29, 0.717) is 5.56 Å². The van der Waals surface area contributed by atoms with E-state index in [0.717, 1.165) is 22.0 Å². The summed E-state index contributed by atoms with van der Waals surface area (Å²) in [5.41, 5.74) is 0.225. The summed E-state index contributed by atoms with van der Waals surface area (Å²) in [6.45, 7) is 0. The monoisotopic (exact) mass is 317 g/mol. The summed E-state index contributed by atoms with van der Waals surface area (Å²) < 4.78 is 26.9. The topological polar surface area (TPSA) is 29.1 Å². The van der Waals surface area contributed by atoms with Crippen molar-refractivity contribution < 1.29 is 13.6 Å². The van der Waals surface area contributed by atoms with Gasteiger partial charge < -0.3 is 5.32 Å². The molecule has 0 spiro atoms. The van der Waals surface area contributed by atoms with Crippen LogP contribution in [0.3, 0.4) is 0 Å². The van der Waals surface area contributed by atoms with E-state index in [9.17, 15) is 13.6 Å². The van der Waals surface area contributed by atoms with Crippen molar-refractivity contribution in [3.63, 3.8) is 0 Å². The number of carbonyl (C=O) groups is 1. The van der Waals surface area contributed by atoms with Gasteiger partial charge in [-0.05, 0) is 34.1 Å². The van der Waals surface area contributed by atoms with E-state index in [1.54, 1.807) is 11.4 Å². The number of rotatable bonds is 2. The molecule has 2 aromatic rings. The van der Waals surface area contributed by atoms with Crippen molar-refractivity contribution in [3.8, 4) is 0 Å². The van der Waals surface area contributed by atoms with Gasteiger partial charge in [-0.15, -0.1) is 11.3 Å². The Morgan fingerprint density at radius 2 is 2.06 bits per heavy atom. The number of amides is 1. The summed E-state index contributed by atoms with van der Waals surface area (Å²) in [6.07, 6.45) is 0. The van der Waals surface area contributed by atoms with E-state index >= 15 is 0 Å². The summed E-state index contributed by atoms with van der Waals surface area (Å²) in [5.74, 6) is -1.75. The van der Waals surface area contributed by atoms with Crippen molar-refractivity contribution in [2.24, 2.45) is 0 Å². The molecule has 0 unspecified atom stereocenters. The normalized spacial score (nSPS) is 10.3. The summed E-state index contributed by atoms with van der Waals surface area (Å²) in [4.78, 5) is 11.7. The lowest BCUT2D eigenvalue weighted by atomic mass is 10.2. The van der Waals surface area contributed by atoms with E-state index in [2.05, 4.69) is 21.2 Å². The van der Waals surface area contributed by atoms with Crippen molar-refractivity contribution in [1.29, 1.82) is 0 Å². The largest absolute Gasteiger partial charge is 0.319 e. The Morgan fingerprint density at radius 1 is 1.29 bits per heavy atom. The van der Waals surface area contributed by atoms with Gasteiger partial charge in [0.15, 0.2) is 0 Å². The number of anilines is 1. The SMILES string of the molecule is O=C(Nc1cc(F)ccc1F)c1csc(Br)c1. The van der Waals surface area contributed by atoms with Crippen molar-refractivity contribution >= 4 is 38.9 Å². The van der Waals surface area contributed by atoms with E-state index < -0.39 is 17.5 Å². The van der Waals surface area contributed by atoms with Crippen molar-refractivity contribution in [1.82, 2.24) is 0 Å². The van der Waals surface area contributed by atoms with Gasteiger partial charge in [0.2, 0.25) is 0 Å². The van der Waals surface area contributed by atoms with Crippen molar-refractivity contribution in [2.45, 2.75) is 0 Å². The molecular weight excluding hydrogens is 312 g/mol. The highest BCUT2D eigenvalue weighted by atomic mass is 79.9. The predicted molar refractivity (Wildman–Crippen MR) is 66.3 cm³/mol. The fourth-order valence-electron chi connectivity index (χ4n) is 1.22. The summed E-state index contributed by atoms with van der Waals surface area (Å²) in [6, 6.07) is 4.51. The minimum absolute atomic E-state index is 0.169. The maximum Gasteiger partial charge on any atom is 0.256 e. The van der Waals surface area contributed by atoms with Crippen LogP contribution in [0.5, 0.6) is 0 Å². The molecule has 6 heteroatoms. The van der Waals surface area contributed by atoms with Crippen LogP contribution in [0.25, 0.3) is 0 Å². The van der Waals surface area contributed by atoms with Crippen molar-refractivity contribution in [2.75, 3.05) is 5.32 Å². The molecule has 1 amide bonds. The average Bonchev–Trinajstić information content (AvgIpc) is 2.70. The lowest BCUT2D eigenvalue weighted by Crippen LogP contribution is -2.12. The maximum atomic E-state index is 13.3. The zero-order chi connectivity index (χ0) is 12.4. The van der Waals surface area contributed by atoms with Gasteiger partial charge in [-0.2, -0.15) is 0 Å². The molecule has 2 nitrogen and oxygen atoms in total. The molecule has 1 heterocycles. The highest BCUT2D eigenvalue weighted by Crippen LogP contribution is 2.22. The molecule has 88 valence electrons. The molecule has 0 atom stereocenters. The van der Waals surface area contributed by atoms with E-state index in [1.807, 2.05) is 0 Å². The second-order valence-electron chi connectivity index (χ2n) is 3.22. The molecule has 0 saturated carbocycles. The number of halogens is 3. The Labute approximate surface area is 108 Å². The molecular formula is C11H6BrF2NOS. The quantitative estimate of drug-likeness (QED) is 0.889. The van der Waals surface area contributed by atoms with Gasteiger partial charge in [-0.25, -0.2) is 8.78 Å². The molecule has 0 radical (unpaired) electrons. The first-order valence-corrected chi connectivity index (χ1v) is 6.24. The van der Waals surface area contributed by atoms with Crippen LogP contribution in [0, 0.1) is 11.6 Å². The van der Waals surface area contributed by atoms with Gasteiger partial charge in [-0.3, -0.25) is 4.79 Å². The van der Waals surface area contributed by atoms with Crippen molar-refractivity contribution in [3.05, 3.63) is 50.6 Å². The van der Waals surface area contributed by atoms with Gasteiger partial charge in [0.1, 0.15) is 11.6 Å². The number of hydrogen-bond donors (Lipinski definition) is 1. The van der Waals surface area contributed by atoms with Gasteiger partial charge in [0.25, 0.3) is 5.91 Å². The molecule has 0 saturated heterocycles. The minimum Gasteiger partial charge on any atom is -0.319 e. The van der Waals surface area contributed by atoms with Crippen LogP contribution in [0.1, 0.15) is 10.4 Å². The highest BCUT2D eigenvalue weighted by Gasteiger charge is 2.11. The first-order valence-electron chi connectivity index (χ1n) is 4.56. The van der Waals surface area contributed by atoms with Crippen LogP contribution in [0.2, 0.25) is 0 Å². The zero-order valence-corrected chi connectivity index (χ0v) is 10.7. The summed E-state index contributed by atoms with van der Waals surface area (Å²) in [7, 11) is 0. The van der Waals surface area contributed by atoms with Gasteiger partial charge >= 0.3 is 0 Å². The molecule has 0 aliphatic heterocycles. The van der Waals surface area contributed by atoms with Gasteiger partial charge in [0.05, 0.1) is 15.0 Å². The Kier molecular flexibility index (Phi) is 3.54. The molecule has 0 aliphatic rings. The number of benzene rings is 1. The van der Waals surface area contributed by atoms with Crippen LogP contribution in [-0.4, -0.2) is 5.91 Å². The number of thiophene rings is 1. The molecule has 0 aliphatic carbocycles. The molecule has 0 fully saturated rings. The third kappa shape index (κ3) is 2.89. The van der Waals surface area contributed by atoms with Gasteiger partial charge in [-0.1, -0.05) is 0 Å². The lowest BCUT2D eigenvalue weighted by molar-refractivity contribution is 0.102. The molecule has 2 rings (SSSR count). The lowest BCUT2D eigenvalue weighted by Gasteiger charge is -2.04. The zero-order valence-electron chi connectivity index (χ0n) is 8.34. The molecule has 0 bridgehead atoms. The maximum absolute atomic E-state index is 13.3. The second kappa shape index (κ2) is 4.93. The first kappa shape index (κ1) is 12.2. The third-order valence-electron chi connectivity index (χ3n) is 2.01. The standard InChI is InChI=1S/C11H6BrF2NOS/c12-10-3-6(5-17-10)11(16)15-9-4-7(13)1-2-8(9)14/h1-5H,(H,15,16). The molecule has 1 aromatic carbocycles. The van der Waals surface area contributed by atoms with Crippen LogP contribution >= 0.6 is 27.3 Å². The fraction of sp³-hybridized carbons (Fsp3) is 0. The van der Waals surface area contributed by atoms with Crippen LogP contribution in [0.4, 0.5) is 14.5 Å². The van der Waals surface area contributed by atoms with E-state index in [4.69, 9.17) is 0 Å². The number of carbonyl (C=O) groups excluding carboxylic acids is 1. The smallest absolute Gasteiger partial charge is 0.256 e. The Morgan fingerprint density at radius 3 is 2.71 bits per heavy atom. The third-order valence-corrected chi connectivity index (χ3v) is 3.51. The van der Waals surface area contributed by atoms with Crippen LogP contribution in [-0.2, 0) is 0 Å². The Hall–Kier alpha value is -1.27. The van der Waals surface area contributed by atoms with E-state index in [1.165, 1.54) is 11.3 Å². The highest BCUT2D eigenvalue weighted by molar-refractivity contribution is 9.11. The summed E-state index contributed by atoms with van der Waals surface area (Å²) >= 11 is 4.56. The Balaban J connectivity index is 2.21. The molecule has 1 aromatic heterocycles. The second-order valence-corrected chi connectivity index (χ2v) is 5.51. The Bertz CT molecular complexity index is 570. The predicted octanol–water partition coefficient (Wildman–Crippen LogP) is 4.04. The van der Waals surface area contributed by atoms with Gasteiger partial charge in [0, 0.05) is 11.4 Å². The first-order chi connectivity index (χ1) is 8.06.